The molecule has 0 saturated carbocycles. The van der Waals surface area contributed by atoms with Gasteiger partial charge in [0.05, 0.1) is 31.6 Å². The number of methoxy groups -OCH3 is 1. The summed E-state index contributed by atoms with van der Waals surface area (Å²) in [5.41, 5.74) is 6.48. The summed E-state index contributed by atoms with van der Waals surface area (Å²) in [6.07, 6.45) is 2.08. The largest absolute Gasteiger partial charge is 0.393 e. The zero-order valence-electron chi connectivity index (χ0n) is 12.0. The van der Waals surface area contributed by atoms with Gasteiger partial charge in [-0.15, -0.1) is 0 Å². The van der Waals surface area contributed by atoms with Gasteiger partial charge in [-0.3, -0.25) is 0 Å². The van der Waals surface area contributed by atoms with Crippen molar-refractivity contribution in [2.24, 2.45) is 0 Å². The molecule has 0 bridgehead atoms. The predicted octanol–water partition coefficient (Wildman–Crippen LogP) is 0.751. The third-order valence-electron chi connectivity index (χ3n) is 2.75. The van der Waals surface area contributed by atoms with E-state index in [0.717, 1.165) is 0 Å². The fourth-order valence-corrected chi connectivity index (χ4v) is 1.74. The molecule has 0 saturated heterocycles. The lowest BCUT2D eigenvalue weighted by atomic mass is 10.3. The second-order valence-electron chi connectivity index (χ2n) is 4.18. The van der Waals surface area contributed by atoms with Gasteiger partial charge < -0.3 is 20.7 Å². The molecule has 21 heavy (non-hydrogen) atoms. The number of nitrogens with two attached hydrogens (primary N) is 1. The van der Waals surface area contributed by atoms with Crippen molar-refractivity contribution in [1.29, 1.82) is 10.5 Å². The van der Waals surface area contributed by atoms with Crippen LogP contribution in [-0.4, -0.2) is 43.3 Å². The van der Waals surface area contributed by atoms with Gasteiger partial charge in [-0.2, -0.15) is 10.5 Å². The molecule has 0 aliphatic heterocycles. The van der Waals surface area contributed by atoms with Crippen LogP contribution in [-0.2, 0) is 4.74 Å². The second kappa shape index (κ2) is 9.34. The van der Waals surface area contributed by atoms with E-state index in [4.69, 9.17) is 21.0 Å². The van der Waals surface area contributed by atoms with Gasteiger partial charge in [-0.1, -0.05) is 0 Å². The lowest BCUT2D eigenvalue weighted by Crippen LogP contribution is -2.28. The van der Waals surface area contributed by atoms with Gasteiger partial charge in [0, 0.05) is 26.7 Å². The summed E-state index contributed by atoms with van der Waals surface area (Å²) in [5.74, 6) is 1.06. The number of nitrogen functional groups attached to an aromatic ring is 1. The maximum Gasteiger partial charge on any atom is 0.157 e. The quantitative estimate of drug-likeness (QED) is 0.638. The van der Waals surface area contributed by atoms with E-state index >= 15 is 0 Å². The molecule has 0 radical (unpaired) electrons. The number of anilines is 3. The highest BCUT2D eigenvalue weighted by Gasteiger charge is 2.14. The van der Waals surface area contributed by atoms with E-state index in [-0.39, 0.29) is 0 Å². The summed E-state index contributed by atoms with van der Waals surface area (Å²) in [7, 11) is 1.61. The number of nitrogens with one attached hydrogen (secondary N) is 1. The number of ether oxygens (including phenoxy) is 1. The summed E-state index contributed by atoms with van der Waals surface area (Å²) < 4.78 is 4.96. The molecule has 0 amide bonds. The van der Waals surface area contributed by atoms with Crippen LogP contribution in [0.25, 0.3) is 0 Å². The first-order valence-corrected chi connectivity index (χ1v) is 6.56. The first-order chi connectivity index (χ1) is 10.2. The Balaban J connectivity index is 2.88. The predicted molar refractivity (Wildman–Crippen MR) is 79.5 cm³/mol. The van der Waals surface area contributed by atoms with E-state index in [9.17, 15) is 0 Å². The zero-order valence-corrected chi connectivity index (χ0v) is 12.0. The number of nitriles is 2. The topological polar surface area (TPSA) is 124 Å². The smallest absolute Gasteiger partial charge is 0.157 e. The van der Waals surface area contributed by atoms with Crippen molar-refractivity contribution in [3.8, 4) is 12.1 Å². The maximum atomic E-state index is 8.72. The van der Waals surface area contributed by atoms with Crippen LogP contribution in [0.4, 0.5) is 17.3 Å². The molecule has 8 nitrogen and oxygen atoms in total. The van der Waals surface area contributed by atoms with Gasteiger partial charge in [0.25, 0.3) is 0 Å². The van der Waals surface area contributed by atoms with E-state index < -0.39 is 0 Å². The highest BCUT2D eigenvalue weighted by molar-refractivity contribution is 5.74. The molecule has 0 fully saturated rings. The average Bonchev–Trinajstić information content (AvgIpc) is 2.50. The average molecular weight is 289 g/mol. The highest BCUT2D eigenvalue weighted by Crippen LogP contribution is 2.26. The van der Waals surface area contributed by atoms with Crippen molar-refractivity contribution in [2.45, 2.75) is 12.8 Å². The van der Waals surface area contributed by atoms with Crippen molar-refractivity contribution < 1.29 is 4.74 Å². The van der Waals surface area contributed by atoms with E-state index in [2.05, 4.69) is 27.4 Å². The summed E-state index contributed by atoms with van der Waals surface area (Å²) >= 11 is 0. The molecule has 0 spiro atoms. The highest BCUT2D eigenvalue weighted by atomic mass is 16.5. The SMILES string of the molecule is COCCNc1ncnc(N(CCC#N)CCC#N)c1N. The molecule has 0 aliphatic rings. The molecular formula is C13H19N7O. The summed E-state index contributed by atoms with van der Waals surface area (Å²) in [4.78, 5) is 10.1. The number of aromatic nitrogens is 2. The standard InChI is InChI=1S/C13H19N7O/c1-21-9-6-17-12-11(16)13(19-10-18-12)20(7-2-4-14)8-3-5-15/h10H,2-3,6-9,16H2,1H3,(H,17,18,19). The van der Waals surface area contributed by atoms with E-state index in [1.807, 2.05) is 4.90 Å². The van der Waals surface area contributed by atoms with Gasteiger partial charge in [0.2, 0.25) is 0 Å². The van der Waals surface area contributed by atoms with Crippen molar-refractivity contribution >= 4 is 17.3 Å². The van der Waals surface area contributed by atoms with Crippen LogP contribution in [0.15, 0.2) is 6.33 Å². The van der Waals surface area contributed by atoms with Gasteiger partial charge in [0.15, 0.2) is 11.6 Å². The molecule has 1 aromatic heterocycles. The Morgan fingerprint density at radius 1 is 1.29 bits per heavy atom. The van der Waals surface area contributed by atoms with Crippen molar-refractivity contribution in [3.05, 3.63) is 6.33 Å². The Bertz CT molecular complexity index is 502. The number of hydrogen-bond acceptors (Lipinski definition) is 8. The minimum Gasteiger partial charge on any atom is -0.393 e. The van der Waals surface area contributed by atoms with Gasteiger partial charge >= 0.3 is 0 Å². The van der Waals surface area contributed by atoms with Crippen molar-refractivity contribution in [2.75, 3.05) is 49.3 Å². The minimum atomic E-state index is 0.335. The minimum absolute atomic E-state index is 0.335. The molecule has 0 aliphatic carbocycles. The summed E-state index contributed by atoms with van der Waals surface area (Å²) in [6.45, 7) is 2.05. The molecule has 0 aromatic carbocycles. The first-order valence-electron chi connectivity index (χ1n) is 6.56. The second-order valence-corrected chi connectivity index (χ2v) is 4.18. The summed E-state index contributed by atoms with van der Waals surface area (Å²) in [5, 5.41) is 20.5. The molecule has 0 atom stereocenters. The molecule has 1 aromatic rings. The van der Waals surface area contributed by atoms with Crippen LogP contribution in [0.1, 0.15) is 12.8 Å². The van der Waals surface area contributed by atoms with E-state index in [1.165, 1.54) is 6.33 Å². The number of rotatable bonds is 9. The Hall–Kier alpha value is -2.58. The molecule has 8 heteroatoms. The lowest BCUT2D eigenvalue weighted by Gasteiger charge is -2.23. The molecule has 1 heterocycles. The maximum absolute atomic E-state index is 8.72. The van der Waals surface area contributed by atoms with Crippen molar-refractivity contribution in [1.82, 2.24) is 9.97 Å². The molecule has 3 N–H and O–H groups in total. The van der Waals surface area contributed by atoms with E-state index in [1.54, 1.807) is 7.11 Å². The molecule has 112 valence electrons. The summed E-state index contributed by atoms with van der Waals surface area (Å²) in [6, 6.07) is 4.16. The van der Waals surface area contributed by atoms with Gasteiger partial charge in [-0.25, -0.2) is 9.97 Å². The normalized spacial score (nSPS) is 9.67. The first kappa shape index (κ1) is 16.5. The van der Waals surface area contributed by atoms with Crippen LogP contribution in [0.2, 0.25) is 0 Å². The monoisotopic (exact) mass is 289 g/mol. The Kier molecular flexibility index (Phi) is 7.33. The lowest BCUT2D eigenvalue weighted by molar-refractivity contribution is 0.210. The van der Waals surface area contributed by atoms with Crippen LogP contribution in [0, 0.1) is 22.7 Å². The van der Waals surface area contributed by atoms with E-state index in [0.29, 0.717) is 56.4 Å². The fraction of sp³-hybridized carbons (Fsp3) is 0.538. The Labute approximate surface area is 124 Å². The zero-order chi connectivity index (χ0) is 15.5. The molecule has 1 rings (SSSR count). The third-order valence-corrected chi connectivity index (χ3v) is 2.75. The van der Waals surface area contributed by atoms with Crippen LogP contribution in [0.5, 0.6) is 0 Å². The van der Waals surface area contributed by atoms with Crippen LogP contribution >= 0.6 is 0 Å². The van der Waals surface area contributed by atoms with Crippen molar-refractivity contribution in [3.63, 3.8) is 0 Å². The van der Waals surface area contributed by atoms with Gasteiger partial charge in [0.1, 0.15) is 12.0 Å². The Morgan fingerprint density at radius 2 is 1.95 bits per heavy atom. The fourth-order valence-electron chi connectivity index (χ4n) is 1.74. The van der Waals surface area contributed by atoms with Crippen LogP contribution in [0.3, 0.4) is 0 Å². The molecule has 0 unspecified atom stereocenters. The number of nitrogens with zero attached hydrogens (tertiary/aromatic N) is 5. The molecular weight excluding hydrogens is 270 g/mol. The third kappa shape index (κ3) is 5.13. The number of hydrogen-bond donors (Lipinski definition) is 2. The Morgan fingerprint density at radius 3 is 2.52 bits per heavy atom. The van der Waals surface area contributed by atoms with Crippen LogP contribution < -0.4 is 16.0 Å². The van der Waals surface area contributed by atoms with Gasteiger partial charge in [-0.05, 0) is 0 Å².